The smallest absolute Gasteiger partial charge is 0.335 e. The molecular formula is C16H23NO3. The predicted octanol–water partition coefficient (Wildman–Crippen LogP) is 2.29. The first-order valence-corrected chi connectivity index (χ1v) is 7.22. The summed E-state index contributed by atoms with van der Waals surface area (Å²) < 4.78 is 5.08. The summed E-state index contributed by atoms with van der Waals surface area (Å²) in [6.07, 6.45) is 3.25. The van der Waals surface area contributed by atoms with Gasteiger partial charge in [-0.3, -0.25) is 0 Å². The first-order valence-electron chi connectivity index (χ1n) is 7.22. The van der Waals surface area contributed by atoms with Gasteiger partial charge in [-0.1, -0.05) is 12.1 Å². The lowest BCUT2D eigenvalue weighted by Crippen LogP contribution is -2.23. The fourth-order valence-corrected chi connectivity index (χ4v) is 2.88. The molecule has 0 amide bonds. The molecule has 0 aromatic heterocycles. The second-order valence-electron chi connectivity index (χ2n) is 5.51. The molecule has 1 aromatic carbocycles. The molecule has 0 radical (unpaired) electrons. The molecule has 0 saturated carbocycles. The molecule has 1 saturated heterocycles. The molecule has 20 heavy (non-hydrogen) atoms. The molecule has 0 spiro atoms. The van der Waals surface area contributed by atoms with Crippen LogP contribution >= 0.6 is 0 Å². The van der Waals surface area contributed by atoms with E-state index in [9.17, 15) is 4.79 Å². The van der Waals surface area contributed by atoms with Crippen molar-refractivity contribution >= 4 is 5.97 Å². The molecule has 1 aliphatic rings. The summed E-state index contributed by atoms with van der Waals surface area (Å²) in [7, 11) is 1.74. The molecule has 0 bridgehead atoms. The fraction of sp³-hybridized carbons (Fsp3) is 0.562. The van der Waals surface area contributed by atoms with Gasteiger partial charge in [-0.05, 0) is 49.4 Å². The van der Waals surface area contributed by atoms with E-state index < -0.39 is 5.97 Å². The first kappa shape index (κ1) is 15.0. The quantitative estimate of drug-likeness (QED) is 0.777. The minimum Gasteiger partial charge on any atom is -0.478 e. The highest BCUT2D eigenvalue weighted by molar-refractivity contribution is 5.87. The number of likely N-dealkylation sites (tertiary alicyclic amines) is 1. The Morgan fingerprint density at radius 2 is 2.35 bits per heavy atom. The van der Waals surface area contributed by atoms with Crippen LogP contribution in [0.2, 0.25) is 0 Å². The molecule has 4 heteroatoms. The molecular weight excluding hydrogens is 254 g/mol. The summed E-state index contributed by atoms with van der Waals surface area (Å²) in [6, 6.07) is 7.32. The lowest BCUT2D eigenvalue weighted by Gasteiger charge is -2.15. The summed E-state index contributed by atoms with van der Waals surface area (Å²) in [6.45, 7) is 4.18. The van der Waals surface area contributed by atoms with Gasteiger partial charge in [-0.15, -0.1) is 0 Å². The molecule has 1 atom stereocenters. The summed E-state index contributed by atoms with van der Waals surface area (Å²) >= 11 is 0. The van der Waals surface area contributed by atoms with Crippen LogP contribution in [0.3, 0.4) is 0 Å². The average Bonchev–Trinajstić information content (AvgIpc) is 2.87. The van der Waals surface area contributed by atoms with E-state index in [1.165, 1.54) is 6.42 Å². The van der Waals surface area contributed by atoms with E-state index in [0.29, 0.717) is 11.5 Å². The molecule has 1 heterocycles. The number of carboxylic acids is 1. The Labute approximate surface area is 120 Å². The third-order valence-electron chi connectivity index (χ3n) is 3.89. The highest BCUT2D eigenvalue weighted by Crippen LogP contribution is 2.21. The van der Waals surface area contributed by atoms with E-state index in [0.717, 1.165) is 44.6 Å². The minimum absolute atomic E-state index is 0.387. The number of carbonyl (C=O) groups is 1. The van der Waals surface area contributed by atoms with Crippen LogP contribution in [-0.4, -0.2) is 49.3 Å². The SMILES string of the molecule is COCCCN1CC[C@@H](Cc2cccc(C(=O)O)c2)C1. The number of aromatic carboxylic acids is 1. The van der Waals surface area contributed by atoms with Gasteiger partial charge in [-0.25, -0.2) is 4.79 Å². The van der Waals surface area contributed by atoms with Crippen molar-refractivity contribution in [3.63, 3.8) is 0 Å². The van der Waals surface area contributed by atoms with Gasteiger partial charge in [0.1, 0.15) is 0 Å². The number of hydrogen-bond acceptors (Lipinski definition) is 3. The number of ether oxygens (including phenoxy) is 1. The maximum atomic E-state index is 11.0. The van der Waals surface area contributed by atoms with Gasteiger partial charge >= 0.3 is 5.97 Å². The molecule has 2 rings (SSSR count). The number of hydrogen-bond donors (Lipinski definition) is 1. The fourth-order valence-electron chi connectivity index (χ4n) is 2.88. The van der Waals surface area contributed by atoms with Crippen LogP contribution in [0.5, 0.6) is 0 Å². The zero-order valence-corrected chi connectivity index (χ0v) is 12.0. The van der Waals surface area contributed by atoms with Gasteiger partial charge in [0.25, 0.3) is 0 Å². The van der Waals surface area contributed by atoms with Crippen LogP contribution < -0.4 is 0 Å². The minimum atomic E-state index is -0.848. The van der Waals surface area contributed by atoms with Crippen LogP contribution in [-0.2, 0) is 11.2 Å². The van der Waals surface area contributed by atoms with Gasteiger partial charge in [-0.2, -0.15) is 0 Å². The third kappa shape index (κ3) is 4.32. The lowest BCUT2D eigenvalue weighted by molar-refractivity contribution is 0.0696. The molecule has 4 nitrogen and oxygen atoms in total. The number of benzene rings is 1. The number of carboxylic acid groups (broad SMARTS) is 1. The maximum absolute atomic E-state index is 11.0. The highest BCUT2D eigenvalue weighted by atomic mass is 16.5. The largest absolute Gasteiger partial charge is 0.478 e. The van der Waals surface area contributed by atoms with Gasteiger partial charge in [0.2, 0.25) is 0 Å². The van der Waals surface area contributed by atoms with Crippen molar-refractivity contribution in [1.82, 2.24) is 4.90 Å². The second kappa shape index (κ2) is 7.41. The van der Waals surface area contributed by atoms with Crippen molar-refractivity contribution in [2.45, 2.75) is 19.3 Å². The molecule has 1 N–H and O–H groups in total. The molecule has 1 aliphatic heterocycles. The zero-order chi connectivity index (χ0) is 14.4. The normalized spacial score (nSPS) is 19.4. The van der Waals surface area contributed by atoms with Gasteiger partial charge < -0.3 is 14.7 Å². The second-order valence-corrected chi connectivity index (χ2v) is 5.51. The van der Waals surface area contributed by atoms with E-state index in [1.807, 2.05) is 12.1 Å². The molecule has 1 fully saturated rings. The number of rotatable bonds is 7. The lowest BCUT2D eigenvalue weighted by atomic mass is 9.97. The van der Waals surface area contributed by atoms with Crippen molar-refractivity contribution in [3.8, 4) is 0 Å². The summed E-state index contributed by atoms with van der Waals surface area (Å²) in [5, 5.41) is 9.01. The van der Waals surface area contributed by atoms with Crippen molar-refractivity contribution in [2.75, 3.05) is 33.4 Å². The van der Waals surface area contributed by atoms with E-state index >= 15 is 0 Å². The number of nitrogens with zero attached hydrogens (tertiary/aromatic N) is 1. The van der Waals surface area contributed by atoms with Crippen molar-refractivity contribution in [1.29, 1.82) is 0 Å². The van der Waals surface area contributed by atoms with Crippen molar-refractivity contribution < 1.29 is 14.6 Å². The standard InChI is InChI=1S/C16H23NO3/c1-20-9-3-7-17-8-6-14(12-17)10-13-4-2-5-15(11-13)16(18)19/h2,4-5,11,14H,3,6-10,12H2,1H3,(H,18,19)/t14-/m0/s1. The monoisotopic (exact) mass is 277 g/mol. The summed E-state index contributed by atoms with van der Waals surface area (Å²) in [5.41, 5.74) is 1.52. The maximum Gasteiger partial charge on any atom is 0.335 e. The summed E-state index contributed by atoms with van der Waals surface area (Å²) in [5.74, 6) is -0.207. The topological polar surface area (TPSA) is 49.8 Å². The van der Waals surface area contributed by atoms with Crippen molar-refractivity contribution in [3.05, 3.63) is 35.4 Å². The highest BCUT2D eigenvalue weighted by Gasteiger charge is 2.22. The third-order valence-corrected chi connectivity index (χ3v) is 3.89. The average molecular weight is 277 g/mol. The van der Waals surface area contributed by atoms with E-state index in [2.05, 4.69) is 4.90 Å². The van der Waals surface area contributed by atoms with Crippen LogP contribution in [0.25, 0.3) is 0 Å². The van der Waals surface area contributed by atoms with E-state index in [1.54, 1.807) is 19.2 Å². The number of methoxy groups -OCH3 is 1. The van der Waals surface area contributed by atoms with Gasteiger partial charge in [0.15, 0.2) is 0 Å². The molecule has 0 aliphatic carbocycles. The molecule has 1 aromatic rings. The predicted molar refractivity (Wildman–Crippen MR) is 78.1 cm³/mol. The zero-order valence-electron chi connectivity index (χ0n) is 12.0. The van der Waals surface area contributed by atoms with E-state index in [4.69, 9.17) is 9.84 Å². The Balaban J connectivity index is 1.82. The van der Waals surface area contributed by atoms with Gasteiger partial charge in [0, 0.05) is 26.8 Å². The Bertz CT molecular complexity index is 447. The first-order chi connectivity index (χ1) is 9.69. The Morgan fingerprint density at radius 3 is 3.10 bits per heavy atom. The Hall–Kier alpha value is -1.39. The van der Waals surface area contributed by atoms with Crippen LogP contribution in [0.1, 0.15) is 28.8 Å². The molecule has 0 unspecified atom stereocenters. The van der Waals surface area contributed by atoms with Crippen LogP contribution in [0.15, 0.2) is 24.3 Å². The van der Waals surface area contributed by atoms with Gasteiger partial charge in [0.05, 0.1) is 5.56 Å². The van der Waals surface area contributed by atoms with E-state index in [-0.39, 0.29) is 0 Å². The Kier molecular flexibility index (Phi) is 5.56. The van der Waals surface area contributed by atoms with Crippen molar-refractivity contribution in [2.24, 2.45) is 5.92 Å². The summed E-state index contributed by atoms with van der Waals surface area (Å²) in [4.78, 5) is 13.4. The molecule has 110 valence electrons. The Morgan fingerprint density at radius 1 is 1.50 bits per heavy atom. The van der Waals surface area contributed by atoms with Crippen LogP contribution in [0, 0.1) is 5.92 Å². The van der Waals surface area contributed by atoms with Crippen LogP contribution in [0.4, 0.5) is 0 Å².